The van der Waals surface area contributed by atoms with Crippen LogP contribution in [0.3, 0.4) is 0 Å². The molecule has 1 aliphatic heterocycles. The number of nitrogen functional groups attached to an aromatic ring is 1. The number of aliphatic hydroxyl groups is 2. The van der Waals surface area contributed by atoms with Gasteiger partial charge < -0.3 is 44.8 Å². The number of rotatable bonds is 8. The Bertz CT molecular complexity index is 1110. The SMILES string of the molecule is Nc1ncnc2c1ncn2C1OC(COP(=O)([O-])OP(=O)([O-])OP(O)(O)=S)C(O)C1O. The molecule has 21 heteroatoms. The predicted octanol–water partition coefficient (Wildman–Crippen LogP) is -2.78. The van der Waals surface area contributed by atoms with E-state index in [1.807, 2.05) is 0 Å². The molecule has 3 heterocycles. The minimum Gasteiger partial charge on any atom is -0.756 e. The summed E-state index contributed by atoms with van der Waals surface area (Å²) in [7, 11) is -11.5. The maximum atomic E-state index is 11.7. The summed E-state index contributed by atoms with van der Waals surface area (Å²) in [6, 6.07) is 0. The van der Waals surface area contributed by atoms with Crippen LogP contribution in [-0.4, -0.2) is 64.4 Å². The molecule has 174 valence electrons. The number of nitrogens with two attached hydrogens (primary N) is 1. The van der Waals surface area contributed by atoms with Crippen molar-refractivity contribution >= 4 is 51.2 Å². The Hall–Kier alpha value is -0.940. The fraction of sp³-hybridized carbons (Fsp3) is 0.500. The molecular weight excluding hydrogens is 507 g/mol. The summed E-state index contributed by atoms with van der Waals surface area (Å²) in [5, 5.41) is 20.4. The van der Waals surface area contributed by atoms with Crippen LogP contribution >= 0.6 is 22.4 Å². The number of phosphoric ester groups is 1. The second kappa shape index (κ2) is 8.78. The molecule has 0 aliphatic carbocycles. The van der Waals surface area contributed by atoms with Gasteiger partial charge >= 0.3 is 6.72 Å². The van der Waals surface area contributed by atoms with E-state index in [1.54, 1.807) is 0 Å². The van der Waals surface area contributed by atoms with E-state index in [4.69, 9.17) is 20.3 Å². The van der Waals surface area contributed by atoms with Gasteiger partial charge in [0.1, 0.15) is 30.2 Å². The number of ether oxygens (including phenoxy) is 1. The third-order valence-electron chi connectivity index (χ3n) is 3.80. The highest BCUT2D eigenvalue weighted by Gasteiger charge is 2.45. The molecule has 6 atom stereocenters. The van der Waals surface area contributed by atoms with Crippen LogP contribution in [0.2, 0.25) is 0 Å². The Morgan fingerprint density at radius 3 is 2.48 bits per heavy atom. The third kappa shape index (κ3) is 5.90. The molecule has 3 rings (SSSR count). The molecule has 0 radical (unpaired) electrons. The van der Waals surface area contributed by atoms with Crippen LogP contribution in [0.1, 0.15) is 6.23 Å². The maximum Gasteiger partial charge on any atom is 0.328 e. The number of nitrogens with zero attached hydrogens (tertiary/aromatic N) is 4. The van der Waals surface area contributed by atoms with Crippen molar-refractivity contribution in [3.63, 3.8) is 0 Å². The lowest BCUT2D eigenvalue weighted by Crippen LogP contribution is -2.34. The van der Waals surface area contributed by atoms with Crippen molar-refractivity contribution < 1.29 is 56.8 Å². The molecule has 0 spiro atoms. The molecule has 17 nitrogen and oxygen atoms in total. The molecule has 6 N–H and O–H groups in total. The van der Waals surface area contributed by atoms with Crippen LogP contribution in [0.25, 0.3) is 11.2 Å². The van der Waals surface area contributed by atoms with Crippen molar-refractivity contribution in [3.8, 4) is 0 Å². The van der Waals surface area contributed by atoms with E-state index in [0.29, 0.717) is 0 Å². The van der Waals surface area contributed by atoms with Gasteiger partial charge in [0.05, 0.1) is 12.9 Å². The van der Waals surface area contributed by atoms with Crippen LogP contribution in [0.15, 0.2) is 12.7 Å². The highest BCUT2D eigenvalue weighted by molar-refractivity contribution is 8.08. The van der Waals surface area contributed by atoms with Gasteiger partial charge in [-0.15, -0.1) is 0 Å². The molecule has 1 fully saturated rings. The van der Waals surface area contributed by atoms with Crippen molar-refractivity contribution in [3.05, 3.63) is 12.7 Å². The van der Waals surface area contributed by atoms with Crippen molar-refractivity contribution in [2.24, 2.45) is 0 Å². The number of phosphoric acid groups is 2. The zero-order valence-electron chi connectivity index (χ0n) is 14.8. The first-order valence-electron chi connectivity index (χ1n) is 7.88. The van der Waals surface area contributed by atoms with Gasteiger partial charge in [0.15, 0.2) is 17.7 Å². The van der Waals surface area contributed by atoms with Gasteiger partial charge in [-0.1, -0.05) is 0 Å². The van der Waals surface area contributed by atoms with E-state index < -0.39 is 53.5 Å². The Labute approximate surface area is 177 Å². The van der Waals surface area contributed by atoms with Gasteiger partial charge in [0, 0.05) is 0 Å². The summed E-state index contributed by atoms with van der Waals surface area (Å²) in [4.78, 5) is 52.3. The predicted molar refractivity (Wildman–Crippen MR) is 97.7 cm³/mol. The number of hydrogen-bond acceptors (Lipinski definition) is 15. The molecule has 31 heavy (non-hydrogen) atoms. The van der Waals surface area contributed by atoms with Crippen molar-refractivity contribution in [2.75, 3.05) is 12.3 Å². The zero-order chi connectivity index (χ0) is 23.2. The quantitative estimate of drug-likeness (QED) is 0.220. The molecule has 0 bridgehead atoms. The van der Waals surface area contributed by atoms with E-state index in [9.17, 15) is 29.1 Å². The molecular formula is C10H14N5O12P3S-2. The first-order valence-corrected chi connectivity index (χ1v) is 13.4. The van der Waals surface area contributed by atoms with E-state index in [-0.39, 0.29) is 17.0 Å². The normalized spacial score (nSPS) is 28.5. The van der Waals surface area contributed by atoms with E-state index in [1.165, 1.54) is 10.9 Å². The van der Waals surface area contributed by atoms with Gasteiger partial charge in [-0.2, -0.15) is 0 Å². The summed E-state index contributed by atoms with van der Waals surface area (Å²) < 4.78 is 41.2. The highest BCUT2D eigenvalue weighted by Crippen LogP contribution is 2.62. The zero-order valence-corrected chi connectivity index (χ0v) is 18.3. The minimum atomic E-state index is -5.80. The lowest BCUT2D eigenvalue weighted by Gasteiger charge is -2.31. The average Bonchev–Trinajstić information content (AvgIpc) is 3.13. The maximum absolute atomic E-state index is 11.7. The second-order valence-corrected chi connectivity index (χ2v) is 11.7. The number of hydrogen-bond donors (Lipinski definition) is 5. The standard InChI is InChI=1S/C10H16N5O12P3S/c11-8-5-9(13-2-12-8)15(3-14-5)10-7(17)6(16)4(25-10)1-24-28(18,19)26-29(20,21)27-30(22,23)31/h2-4,6-7,10,16-17H,1H2,(H,18,19)(H,20,21)(H2,11,12,13)(H2,22,23,31)/p-2. The second-order valence-electron chi connectivity index (χ2n) is 5.97. The topological polar surface area (TPSA) is 268 Å². The Balaban J connectivity index is 1.69. The van der Waals surface area contributed by atoms with E-state index >= 15 is 0 Å². The van der Waals surface area contributed by atoms with Gasteiger partial charge in [0.2, 0.25) is 0 Å². The summed E-state index contributed by atoms with van der Waals surface area (Å²) in [6.45, 7) is -5.79. The summed E-state index contributed by atoms with van der Waals surface area (Å²) in [5.41, 5.74) is 6.00. The van der Waals surface area contributed by atoms with E-state index in [0.717, 1.165) is 6.33 Å². The van der Waals surface area contributed by atoms with Crippen LogP contribution in [0.5, 0.6) is 0 Å². The molecule has 1 aliphatic rings. The fourth-order valence-corrected chi connectivity index (χ4v) is 6.27. The summed E-state index contributed by atoms with van der Waals surface area (Å²) in [6.07, 6.45) is -3.73. The van der Waals surface area contributed by atoms with Crippen molar-refractivity contribution in [1.82, 2.24) is 19.5 Å². The van der Waals surface area contributed by atoms with Crippen LogP contribution < -0.4 is 15.5 Å². The monoisotopic (exact) mass is 521 g/mol. The smallest absolute Gasteiger partial charge is 0.328 e. The van der Waals surface area contributed by atoms with Crippen molar-refractivity contribution in [1.29, 1.82) is 0 Å². The minimum absolute atomic E-state index is 0.0432. The van der Waals surface area contributed by atoms with Gasteiger partial charge in [0.25, 0.3) is 15.6 Å². The molecule has 0 aromatic carbocycles. The number of aliphatic hydroxyl groups excluding tert-OH is 2. The molecule has 6 unspecified atom stereocenters. The van der Waals surface area contributed by atoms with Gasteiger partial charge in [-0.25, -0.2) is 23.6 Å². The largest absolute Gasteiger partial charge is 0.756 e. The molecule has 0 saturated carbocycles. The molecule has 1 saturated heterocycles. The third-order valence-corrected chi connectivity index (χ3v) is 8.12. The summed E-state index contributed by atoms with van der Waals surface area (Å²) >= 11 is 3.91. The number of fused-ring (bicyclic) bond motifs is 1. The average molecular weight is 521 g/mol. The number of imidazole rings is 1. The van der Waals surface area contributed by atoms with Crippen LogP contribution in [0.4, 0.5) is 5.82 Å². The summed E-state index contributed by atoms with van der Waals surface area (Å²) in [5.74, 6) is 0.0432. The van der Waals surface area contributed by atoms with Crippen molar-refractivity contribution in [2.45, 2.75) is 24.5 Å². The Morgan fingerprint density at radius 1 is 1.16 bits per heavy atom. The van der Waals surface area contributed by atoms with E-state index in [2.05, 4.69) is 39.9 Å². The number of anilines is 1. The van der Waals surface area contributed by atoms with Gasteiger partial charge in [-0.3, -0.25) is 13.7 Å². The first-order chi connectivity index (χ1) is 14.2. The van der Waals surface area contributed by atoms with Crippen LogP contribution in [0, 0.1) is 0 Å². The first kappa shape index (κ1) is 24.7. The lowest BCUT2D eigenvalue weighted by molar-refractivity contribution is -0.241. The Kier molecular flexibility index (Phi) is 6.99. The highest BCUT2D eigenvalue weighted by atomic mass is 32.5. The number of aromatic nitrogens is 4. The fourth-order valence-electron chi connectivity index (χ4n) is 2.61. The van der Waals surface area contributed by atoms with Gasteiger partial charge in [-0.05, 0) is 11.8 Å². The lowest BCUT2D eigenvalue weighted by atomic mass is 10.1. The molecule has 0 amide bonds. The Morgan fingerprint density at radius 2 is 1.84 bits per heavy atom. The molecule has 2 aromatic rings. The molecule has 2 aromatic heterocycles. The van der Waals surface area contributed by atoms with Crippen LogP contribution in [-0.2, 0) is 38.8 Å².